The molecule has 0 heterocycles. The molecule has 112 valence electrons. The predicted octanol–water partition coefficient (Wildman–Crippen LogP) is 3.03. The van der Waals surface area contributed by atoms with Crippen molar-refractivity contribution >= 4 is 0 Å². The lowest BCUT2D eigenvalue weighted by atomic mass is 9.88. The second kappa shape index (κ2) is 7.25. The Morgan fingerprint density at radius 3 is 2.38 bits per heavy atom. The van der Waals surface area contributed by atoms with Gasteiger partial charge in [0.05, 0.1) is 13.2 Å². The van der Waals surface area contributed by atoms with Gasteiger partial charge in [-0.05, 0) is 35.2 Å². The van der Waals surface area contributed by atoms with Crippen molar-refractivity contribution in [2.75, 3.05) is 13.7 Å². The largest absolute Gasteiger partial charge is 0.497 e. The quantitative estimate of drug-likeness (QED) is 0.857. The maximum Gasteiger partial charge on any atom is 0.119 e. The molecule has 21 heavy (non-hydrogen) atoms. The molecule has 0 spiro atoms. The topological polar surface area (TPSA) is 55.5 Å². The standard InChI is InChI=1S/C18H23NO2/c1-3-13-7-9-14(10-8-13)18(20)17(12-19)15-5-4-6-16(11-15)21-2/h4-11,17-18,20H,3,12,19H2,1-2H3. The van der Waals surface area contributed by atoms with Crippen LogP contribution in [0.1, 0.15) is 35.6 Å². The highest BCUT2D eigenvalue weighted by atomic mass is 16.5. The Bertz CT molecular complexity index is 566. The molecule has 0 aliphatic rings. The number of benzene rings is 2. The summed E-state index contributed by atoms with van der Waals surface area (Å²) in [5.41, 5.74) is 9.03. The Hall–Kier alpha value is -1.84. The number of aliphatic hydroxyl groups is 1. The second-order valence-electron chi connectivity index (χ2n) is 5.16. The molecule has 0 saturated heterocycles. The van der Waals surface area contributed by atoms with E-state index in [1.54, 1.807) is 7.11 Å². The number of methoxy groups -OCH3 is 1. The molecule has 2 rings (SSSR count). The summed E-state index contributed by atoms with van der Waals surface area (Å²) in [6, 6.07) is 15.8. The van der Waals surface area contributed by atoms with Gasteiger partial charge in [-0.25, -0.2) is 0 Å². The molecule has 0 aliphatic carbocycles. The molecule has 0 amide bonds. The number of nitrogens with two attached hydrogens (primary N) is 1. The van der Waals surface area contributed by atoms with E-state index in [-0.39, 0.29) is 5.92 Å². The minimum absolute atomic E-state index is 0.146. The average molecular weight is 285 g/mol. The van der Waals surface area contributed by atoms with Crippen LogP contribution in [0, 0.1) is 0 Å². The van der Waals surface area contributed by atoms with Gasteiger partial charge < -0.3 is 15.6 Å². The third-order valence-corrected chi connectivity index (χ3v) is 3.89. The summed E-state index contributed by atoms with van der Waals surface area (Å²) in [5, 5.41) is 10.6. The van der Waals surface area contributed by atoms with E-state index in [1.807, 2.05) is 36.4 Å². The Kier molecular flexibility index (Phi) is 5.37. The molecule has 0 saturated carbocycles. The molecule has 0 fully saturated rings. The Balaban J connectivity index is 2.26. The Labute approximate surface area is 126 Å². The fourth-order valence-corrected chi connectivity index (χ4v) is 2.50. The van der Waals surface area contributed by atoms with Gasteiger partial charge in [-0.2, -0.15) is 0 Å². The van der Waals surface area contributed by atoms with Gasteiger partial charge in [0, 0.05) is 12.5 Å². The second-order valence-corrected chi connectivity index (χ2v) is 5.16. The summed E-state index contributed by atoms with van der Waals surface area (Å²) in [4.78, 5) is 0. The summed E-state index contributed by atoms with van der Waals surface area (Å²) in [5.74, 6) is 0.632. The van der Waals surface area contributed by atoms with Crippen LogP contribution in [0.4, 0.5) is 0 Å². The number of ether oxygens (including phenoxy) is 1. The highest BCUT2D eigenvalue weighted by Gasteiger charge is 2.21. The Morgan fingerprint density at radius 2 is 1.81 bits per heavy atom. The van der Waals surface area contributed by atoms with Crippen LogP contribution >= 0.6 is 0 Å². The predicted molar refractivity (Wildman–Crippen MR) is 85.6 cm³/mol. The average Bonchev–Trinajstić information content (AvgIpc) is 2.55. The third-order valence-electron chi connectivity index (χ3n) is 3.89. The highest BCUT2D eigenvalue weighted by Crippen LogP contribution is 2.31. The maximum atomic E-state index is 10.6. The van der Waals surface area contributed by atoms with Crippen LogP contribution in [0.15, 0.2) is 48.5 Å². The van der Waals surface area contributed by atoms with Crippen molar-refractivity contribution in [2.45, 2.75) is 25.4 Å². The molecule has 0 bridgehead atoms. The first-order chi connectivity index (χ1) is 10.2. The molecule has 2 aromatic rings. The summed E-state index contributed by atoms with van der Waals surface area (Å²) in [7, 11) is 1.64. The molecule has 0 aliphatic heterocycles. The fraction of sp³-hybridized carbons (Fsp3) is 0.333. The third kappa shape index (κ3) is 3.63. The summed E-state index contributed by atoms with van der Waals surface area (Å²) in [6.07, 6.45) is 0.375. The number of hydrogen-bond acceptors (Lipinski definition) is 3. The number of hydrogen-bond donors (Lipinski definition) is 2. The lowest BCUT2D eigenvalue weighted by Gasteiger charge is -2.23. The van der Waals surface area contributed by atoms with Crippen molar-refractivity contribution in [1.82, 2.24) is 0 Å². The van der Waals surface area contributed by atoms with E-state index in [0.717, 1.165) is 23.3 Å². The Morgan fingerprint density at radius 1 is 1.10 bits per heavy atom. The van der Waals surface area contributed by atoms with Crippen LogP contribution in [-0.4, -0.2) is 18.8 Å². The summed E-state index contributed by atoms with van der Waals surface area (Å²) >= 11 is 0. The molecule has 3 nitrogen and oxygen atoms in total. The van der Waals surface area contributed by atoms with Gasteiger partial charge in [-0.15, -0.1) is 0 Å². The first-order valence-electron chi connectivity index (χ1n) is 7.30. The van der Waals surface area contributed by atoms with E-state index in [0.29, 0.717) is 6.54 Å². The van der Waals surface area contributed by atoms with E-state index in [1.165, 1.54) is 5.56 Å². The van der Waals surface area contributed by atoms with Crippen LogP contribution in [0.25, 0.3) is 0 Å². The van der Waals surface area contributed by atoms with Crippen molar-refractivity contribution in [3.8, 4) is 5.75 Å². The van der Waals surface area contributed by atoms with E-state index >= 15 is 0 Å². The van der Waals surface area contributed by atoms with Crippen LogP contribution in [0.3, 0.4) is 0 Å². The van der Waals surface area contributed by atoms with E-state index < -0.39 is 6.10 Å². The fourth-order valence-electron chi connectivity index (χ4n) is 2.50. The van der Waals surface area contributed by atoms with Gasteiger partial charge >= 0.3 is 0 Å². The molecular formula is C18H23NO2. The first kappa shape index (κ1) is 15.5. The number of aryl methyl sites for hydroxylation is 1. The number of aliphatic hydroxyl groups excluding tert-OH is 1. The molecule has 0 radical (unpaired) electrons. The molecule has 2 atom stereocenters. The maximum absolute atomic E-state index is 10.6. The van der Waals surface area contributed by atoms with Gasteiger partial charge in [-0.1, -0.05) is 43.3 Å². The molecule has 3 heteroatoms. The van der Waals surface area contributed by atoms with Gasteiger partial charge in [0.15, 0.2) is 0 Å². The molecule has 3 N–H and O–H groups in total. The van der Waals surface area contributed by atoms with Crippen LogP contribution < -0.4 is 10.5 Å². The zero-order chi connectivity index (χ0) is 15.2. The van der Waals surface area contributed by atoms with Crippen LogP contribution in [0.5, 0.6) is 5.75 Å². The monoisotopic (exact) mass is 285 g/mol. The lowest BCUT2D eigenvalue weighted by molar-refractivity contribution is 0.147. The SMILES string of the molecule is CCc1ccc(C(O)C(CN)c2cccc(OC)c2)cc1. The van der Waals surface area contributed by atoms with Crippen molar-refractivity contribution in [3.05, 3.63) is 65.2 Å². The normalized spacial score (nSPS) is 13.7. The first-order valence-corrected chi connectivity index (χ1v) is 7.30. The van der Waals surface area contributed by atoms with E-state index in [2.05, 4.69) is 19.1 Å². The minimum Gasteiger partial charge on any atom is -0.497 e. The van der Waals surface area contributed by atoms with Crippen molar-refractivity contribution in [2.24, 2.45) is 5.73 Å². The number of rotatable bonds is 6. The summed E-state index contributed by atoms with van der Waals surface area (Å²) in [6.45, 7) is 2.49. The van der Waals surface area contributed by atoms with Gasteiger partial charge in [0.2, 0.25) is 0 Å². The zero-order valence-electron chi connectivity index (χ0n) is 12.6. The van der Waals surface area contributed by atoms with Crippen molar-refractivity contribution < 1.29 is 9.84 Å². The lowest BCUT2D eigenvalue weighted by Crippen LogP contribution is -2.20. The smallest absolute Gasteiger partial charge is 0.119 e. The highest BCUT2D eigenvalue weighted by molar-refractivity contribution is 5.34. The van der Waals surface area contributed by atoms with Crippen molar-refractivity contribution in [1.29, 1.82) is 0 Å². The van der Waals surface area contributed by atoms with Crippen molar-refractivity contribution in [3.63, 3.8) is 0 Å². The molecule has 2 aromatic carbocycles. The van der Waals surface area contributed by atoms with E-state index in [4.69, 9.17) is 10.5 Å². The minimum atomic E-state index is -0.618. The van der Waals surface area contributed by atoms with E-state index in [9.17, 15) is 5.11 Å². The van der Waals surface area contributed by atoms with Gasteiger partial charge in [0.25, 0.3) is 0 Å². The molecule has 0 aromatic heterocycles. The van der Waals surface area contributed by atoms with Crippen LogP contribution in [-0.2, 0) is 6.42 Å². The van der Waals surface area contributed by atoms with Gasteiger partial charge in [0.1, 0.15) is 5.75 Å². The zero-order valence-corrected chi connectivity index (χ0v) is 12.6. The summed E-state index contributed by atoms with van der Waals surface area (Å²) < 4.78 is 5.24. The molecule has 2 unspecified atom stereocenters. The van der Waals surface area contributed by atoms with Gasteiger partial charge in [-0.3, -0.25) is 0 Å². The van der Waals surface area contributed by atoms with Crippen LogP contribution in [0.2, 0.25) is 0 Å². The molecular weight excluding hydrogens is 262 g/mol.